The molecule has 0 radical (unpaired) electrons. The van der Waals surface area contributed by atoms with Gasteiger partial charge in [-0.1, -0.05) is 6.07 Å². The van der Waals surface area contributed by atoms with Crippen molar-refractivity contribution in [3.63, 3.8) is 0 Å². The fourth-order valence-electron chi connectivity index (χ4n) is 3.14. The highest BCUT2D eigenvalue weighted by molar-refractivity contribution is 5.95. The molecular formula is C15H20N2O. The summed E-state index contributed by atoms with van der Waals surface area (Å²) in [6.07, 6.45) is 1.15. The van der Waals surface area contributed by atoms with Crippen molar-refractivity contribution in [3.05, 3.63) is 34.9 Å². The second-order valence-electron chi connectivity index (χ2n) is 5.57. The molecule has 0 unspecified atom stereocenters. The van der Waals surface area contributed by atoms with Crippen molar-refractivity contribution in [1.82, 2.24) is 10.2 Å². The Hall–Kier alpha value is -1.35. The molecule has 0 spiro atoms. The van der Waals surface area contributed by atoms with E-state index in [1.54, 1.807) is 0 Å². The lowest BCUT2D eigenvalue weighted by atomic mass is 10.0. The molecule has 2 atom stereocenters. The average Bonchev–Trinajstić information content (AvgIpc) is 2.93. The standard InChI is InChI=1S/C15H20N2O/c1-10-3-4-12(7-11(10)2)15(18)17-6-5-13-8-16-9-14(13)17/h3-4,7,13-14,16H,5-6,8-9H2,1-2H3/t13-,14+/m1/s1. The lowest BCUT2D eigenvalue weighted by molar-refractivity contribution is 0.0737. The van der Waals surface area contributed by atoms with Gasteiger partial charge in [-0.05, 0) is 49.4 Å². The van der Waals surface area contributed by atoms with Crippen molar-refractivity contribution in [2.24, 2.45) is 5.92 Å². The van der Waals surface area contributed by atoms with Gasteiger partial charge in [-0.15, -0.1) is 0 Å². The van der Waals surface area contributed by atoms with Gasteiger partial charge in [0.2, 0.25) is 0 Å². The Labute approximate surface area is 108 Å². The Morgan fingerprint density at radius 1 is 1.28 bits per heavy atom. The van der Waals surface area contributed by atoms with Crippen molar-refractivity contribution in [2.75, 3.05) is 19.6 Å². The number of nitrogens with one attached hydrogen (secondary N) is 1. The van der Waals surface area contributed by atoms with Crippen LogP contribution in [0.1, 0.15) is 27.9 Å². The second kappa shape index (κ2) is 4.39. The molecule has 1 aromatic carbocycles. The molecule has 0 bridgehead atoms. The molecule has 0 saturated carbocycles. The summed E-state index contributed by atoms with van der Waals surface area (Å²) in [6, 6.07) is 6.44. The summed E-state index contributed by atoms with van der Waals surface area (Å²) in [5.41, 5.74) is 3.28. The van der Waals surface area contributed by atoms with Gasteiger partial charge in [-0.3, -0.25) is 4.79 Å². The molecule has 0 aromatic heterocycles. The number of hydrogen-bond donors (Lipinski definition) is 1. The zero-order valence-electron chi connectivity index (χ0n) is 11.1. The van der Waals surface area contributed by atoms with Gasteiger partial charge in [-0.2, -0.15) is 0 Å². The van der Waals surface area contributed by atoms with Crippen molar-refractivity contribution in [3.8, 4) is 0 Å². The Kier molecular flexibility index (Phi) is 2.86. The maximum atomic E-state index is 12.6. The minimum atomic E-state index is 0.203. The molecule has 0 aliphatic carbocycles. The number of rotatable bonds is 1. The van der Waals surface area contributed by atoms with E-state index in [0.29, 0.717) is 12.0 Å². The number of amides is 1. The summed E-state index contributed by atoms with van der Waals surface area (Å²) in [4.78, 5) is 14.6. The van der Waals surface area contributed by atoms with Crippen molar-refractivity contribution >= 4 is 5.91 Å². The highest BCUT2D eigenvalue weighted by atomic mass is 16.2. The third-order valence-corrected chi connectivity index (χ3v) is 4.46. The van der Waals surface area contributed by atoms with Gasteiger partial charge in [0.25, 0.3) is 5.91 Å². The lowest BCUT2D eigenvalue weighted by Crippen LogP contribution is -2.39. The molecule has 2 aliphatic heterocycles. The first kappa shape index (κ1) is 11.7. The van der Waals surface area contributed by atoms with E-state index in [-0.39, 0.29) is 5.91 Å². The maximum Gasteiger partial charge on any atom is 0.254 e. The highest BCUT2D eigenvalue weighted by Gasteiger charge is 2.39. The molecule has 1 N–H and O–H groups in total. The zero-order chi connectivity index (χ0) is 12.7. The highest BCUT2D eigenvalue weighted by Crippen LogP contribution is 2.28. The van der Waals surface area contributed by atoms with E-state index in [2.05, 4.69) is 24.1 Å². The Bertz CT molecular complexity index is 483. The van der Waals surface area contributed by atoms with E-state index >= 15 is 0 Å². The SMILES string of the molecule is Cc1ccc(C(=O)N2CC[C@@H]3CNC[C@@H]32)cc1C. The van der Waals surface area contributed by atoms with Crippen LogP contribution in [0.2, 0.25) is 0 Å². The Morgan fingerprint density at radius 2 is 2.11 bits per heavy atom. The molecular weight excluding hydrogens is 224 g/mol. The molecule has 96 valence electrons. The molecule has 18 heavy (non-hydrogen) atoms. The zero-order valence-corrected chi connectivity index (χ0v) is 11.1. The van der Waals surface area contributed by atoms with Crippen LogP contribution in [0.3, 0.4) is 0 Å². The van der Waals surface area contributed by atoms with Crippen molar-refractivity contribution < 1.29 is 4.79 Å². The molecule has 2 aliphatic rings. The number of nitrogens with zero attached hydrogens (tertiary/aromatic N) is 1. The van der Waals surface area contributed by atoms with E-state index in [1.807, 2.05) is 18.2 Å². The summed E-state index contributed by atoms with van der Waals surface area (Å²) in [6.45, 7) is 7.10. The Morgan fingerprint density at radius 3 is 2.89 bits per heavy atom. The van der Waals surface area contributed by atoms with Gasteiger partial charge in [-0.25, -0.2) is 0 Å². The molecule has 3 rings (SSSR count). The van der Waals surface area contributed by atoms with Gasteiger partial charge >= 0.3 is 0 Å². The topological polar surface area (TPSA) is 32.3 Å². The number of carbonyl (C=O) groups excluding carboxylic acids is 1. The van der Waals surface area contributed by atoms with E-state index in [4.69, 9.17) is 0 Å². The van der Waals surface area contributed by atoms with Crippen LogP contribution in [0, 0.1) is 19.8 Å². The number of aryl methyl sites for hydroxylation is 2. The molecule has 2 heterocycles. The third kappa shape index (κ3) is 1.83. The van der Waals surface area contributed by atoms with Gasteiger partial charge in [0.15, 0.2) is 0 Å². The minimum absolute atomic E-state index is 0.203. The quantitative estimate of drug-likeness (QED) is 0.816. The first-order chi connectivity index (χ1) is 8.66. The fraction of sp³-hybridized carbons (Fsp3) is 0.533. The largest absolute Gasteiger partial charge is 0.334 e. The predicted octanol–water partition coefficient (Wildman–Crippen LogP) is 1.74. The fourth-order valence-corrected chi connectivity index (χ4v) is 3.14. The molecule has 1 aromatic rings. The molecule has 2 saturated heterocycles. The number of fused-ring (bicyclic) bond motifs is 1. The average molecular weight is 244 g/mol. The van der Waals surface area contributed by atoms with Crippen LogP contribution in [0.15, 0.2) is 18.2 Å². The van der Waals surface area contributed by atoms with Crippen LogP contribution in [-0.4, -0.2) is 36.5 Å². The minimum Gasteiger partial charge on any atom is -0.334 e. The summed E-state index contributed by atoms with van der Waals surface area (Å²) in [5.74, 6) is 0.870. The lowest BCUT2D eigenvalue weighted by Gasteiger charge is -2.23. The number of benzene rings is 1. The second-order valence-corrected chi connectivity index (χ2v) is 5.57. The Balaban J connectivity index is 1.84. The van der Waals surface area contributed by atoms with E-state index in [1.165, 1.54) is 11.1 Å². The number of hydrogen-bond acceptors (Lipinski definition) is 2. The van der Waals surface area contributed by atoms with Gasteiger partial charge in [0.05, 0.1) is 0 Å². The summed E-state index contributed by atoms with van der Waals surface area (Å²) in [7, 11) is 0. The van der Waals surface area contributed by atoms with Crippen LogP contribution in [-0.2, 0) is 0 Å². The monoisotopic (exact) mass is 244 g/mol. The first-order valence-corrected chi connectivity index (χ1v) is 6.76. The van der Waals surface area contributed by atoms with Crippen molar-refractivity contribution in [1.29, 1.82) is 0 Å². The third-order valence-electron chi connectivity index (χ3n) is 4.46. The molecule has 3 nitrogen and oxygen atoms in total. The van der Waals surface area contributed by atoms with Crippen LogP contribution in [0.4, 0.5) is 0 Å². The molecule has 1 amide bonds. The molecule has 3 heteroatoms. The van der Waals surface area contributed by atoms with Gasteiger partial charge in [0.1, 0.15) is 0 Å². The summed E-state index contributed by atoms with van der Waals surface area (Å²) >= 11 is 0. The van der Waals surface area contributed by atoms with E-state index in [0.717, 1.165) is 31.6 Å². The van der Waals surface area contributed by atoms with E-state index in [9.17, 15) is 4.79 Å². The van der Waals surface area contributed by atoms with E-state index < -0.39 is 0 Å². The first-order valence-electron chi connectivity index (χ1n) is 6.76. The summed E-state index contributed by atoms with van der Waals surface area (Å²) in [5, 5.41) is 3.39. The van der Waals surface area contributed by atoms with Crippen LogP contribution in [0.25, 0.3) is 0 Å². The van der Waals surface area contributed by atoms with Crippen LogP contribution < -0.4 is 5.32 Å². The number of carbonyl (C=O) groups is 1. The maximum absolute atomic E-state index is 12.6. The van der Waals surface area contributed by atoms with Crippen LogP contribution in [0.5, 0.6) is 0 Å². The molecule has 2 fully saturated rings. The summed E-state index contributed by atoms with van der Waals surface area (Å²) < 4.78 is 0. The number of likely N-dealkylation sites (tertiary alicyclic amines) is 1. The normalized spacial score (nSPS) is 26.4. The van der Waals surface area contributed by atoms with Crippen LogP contribution >= 0.6 is 0 Å². The predicted molar refractivity (Wildman–Crippen MR) is 71.7 cm³/mol. The van der Waals surface area contributed by atoms with Gasteiger partial charge in [0, 0.05) is 31.2 Å². The van der Waals surface area contributed by atoms with Crippen molar-refractivity contribution in [2.45, 2.75) is 26.3 Å². The smallest absolute Gasteiger partial charge is 0.254 e. The van der Waals surface area contributed by atoms with Gasteiger partial charge < -0.3 is 10.2 Å².